The summed E-state index contributed by atoms with van der Waals surface area (Å²) in [4.78, 5) is 0. The van der Waals surface area contributed by atoms with Gasteiger partial charge in [0.1, 0.15) is 0 Å². The first-order valence-corrected chi connectivity index (χ1v) is 7.96. The minimum absolute atomic E-state index is 0.439. The lowest BCUT2D eigenvalue weighted by Gasteiger charge is -2.14. The monoisotopic (exact) mass is 454 g/mol. The van der Waals surface area contributed by atoms with Gasteiger partial charge in [0, 0.05) is 21.5 Å². The molecule has 1 unspecified atom stereocenters. The Bertz CT molecular complexity index is 615. The molecule has 0 saturated heterocycles. The van der Waals surface area contributed by atoms with Crippen LogP contribution in [-0.2, 0) is 13.5 Å². The average molecular weight is 456 g/mol. The lowest BCUT2D eigenvalue weighted by molar-refractivity contribution is 0.175. The van der Waals surface area contributed by atoms with Crippen LogP contribution in [-0.4, -0.2) is 14.9 Å². The second-order valence-electron chi connectivity index (χ2n) is 4.36. The minimum atomic E-state index is -0.614. The second kappa shape index (κ2) is 6.11. The van der Waals surface area contributed by atoms with Crippen LogP contribution in [0, 0.1) is 10.5 Å². The van der Waals surface area contributed by atoms with Crippen molar-refractivity contribution in [2.45, 2.75) is 19.4 Å². The van der Waals surface area contributed by atoms with Gasteiger partial charge in [-0.2, -0.15) is 5.10 Å². The van der Waals surface area contributed by atoms with Crippen LogP contribution >= 0.6 is 50.1 Å². The highest BCUT2D eigenvalue weighted by Crippen LogP contribution is 2.30. The van der Waals surface area contributed by atoms with Gasteiger partial charge in [0.25, 0.3) is 0 Å². The van der Waals surface area contributed by atoms with Crippen LogP contribution in [0.1, 0.15) is 23.1 Å². The van der Waals surface area contributed by atoms with Crippen LogP contribution in [0.3, 0.4) is 0 Å². The Labute approximate surface area is 139 Å². The lowest BCUT2D eigenvalue weighted by Crippen LogP contribution is -2.07. The lowest BCUT2D eigenvalue weighted by atomic mass is 10.0. The number of hydrogen-bond donors (Lipinski definition) is 1. The van der Waals surface area contributed by atoms with Crippen LogP contribution in [0.4, 0.5) is 0 Å². The molecule has 6 heteroatoms. The maximum Gasteiger partial charge on any atom is 0.0857 e. The van der Waals surface area contributed by atoms with Crippen molar-refractivity contribution in [2.24, 2.45) is 7.05 Å². The Hall–Kier alpha value is -0.110. The highest BCUT2D eigenvalue weighted by molar-refractivity contribution is 14.1. The van der Waals surface area contributed by atoms with Crippen molar-refractivity contribution in [3.63, 3.8) is 0 Å². The van der Waals surface area contributed by atoms with Gasteiger partial charge in [0.2, 0.25) is 0 Å². The van der Waals surface area contributed by atoms with Gasteiger partial charge in [0.05, 0.1) is 22.5 Å². The predicted octanol–water partition coefficient (Wildman–Crippen LogP) is 4.03. The molecular formula is C13H13BrClIN2O. The SMILES string of the molecule is Cc1nn(C)c(CC(O)c2cc(I)ccc2Br)c1Cl. The summed E-state index contributed by atoms with van der Waals surface area (Å²) in [6.07, 6.45) is -0.175. The quantitative estimate of drug-likeness (QED) is 0.710. The molecule has 3 nitrogen and oxygen atoms in total. The van der Waals surface area contributed by atoms with E-state index < -0.39 is 6.10 Å². The summed E-state index contributed by atoms with van der Waals surface area (Å²) >= 11 is 11.9. The standard InChI is InChI=1S/C13H13BrClIN2O/c1-7-13(15)11(18(2)17-7)6-12(19)9-5-8(16)3-4-10(9)14/h3-5,12,19H,6H2,1-2H3. The molecule has 1 aromatic carbocycles. The number of nitrogens with zero attached hydrogens (tertiary/aromatic N) is 2. The van der Waals surface area contributed by atoms with Crippen molar-refractivity contribution in [2.75, 3.05) is 0 Å². The van der Waals surface area contributed by atoms with E-state index in [0.29, 0.717) is 11.4 Å². The van der Waals surface area contributed by atoms with E-state index in [1.165, 1.54) is 0 Å². The van der Waals surface area contributed by atoms with E-state index in [-0.39, 0.29) is 0 Å². The third-order valence-corrected chi connectivity index (χ3v) is 4.85. The fourth-order valence-electron chi connectivity index (χ4n) is 1.96. The van der Waals surface area contributed by atoms with Crippen molar-refractivity contribution in [3.8, 4) is 0 Å². The molecule has 0 fully saturated rings. The molecule has 0 radical (unpaired) electrons. The van der Waals surface area contributed by atoms with Crippen LogP contribution in [0.25, 0.3) is 0 Å². The summed E-state index contributed by atoms with van der Waals surface area (Å²) in [5.41, 5.74) is 2.49. The molecule has 0 spiro atoms. The molecule has 0 aliphatic rings. The molecule has 1 heterocycles. The third kappa shape index (κ3) is 3.32. The van der Waals surface area contributed by atoms with Crippen molar-refractivity contribution in [1.82, 2.24) is 9.78 Å². The van der Waals surface area contributed by atoms with Gasteiger partial charge >= 0.3 is 0 Å². The molecule has 1 atom stereocenters. The number of aromatic nitrogens is 2. The molecule has 2 rings (SSSR count). The van der Waals surface area contributed by atoms with Crippen molar-refractivity contribution < 1.29 is 5.11 Å². The van der Waals surface area contributed by atoms with Crippen molar-refractivity contribution in [1.29, 1.82) is 0 Å². The fourth-order valence-corrected chi connectivity index (χ4v) is 3.23. The van der Waals surface area contributed by atoms with Gasteiger partial charge in [0.15, 0.2) is 0 Å². The highest BCUT2D eigenvalue weighted by atomic mass is 127. The van der Waals surface area contributed by atoms with Crippen LogP contribution in [0.2, 0.25) is 5.02 Å². The molecule has 1 aromatic heterocycles. The summed E-state index contributed by atoms with van der Waals surface area (Å²) < 4.78 is 3.71. The molecule has 0 aliphatic heterocycles. The summed E-state index contributed by atoms with van der Waals surface area (Å²) in [5.74, 6) is 0. The van der Waals surface area contributed by atoms with E-state index in [1.54, 1.807) is 4.68 Å². The maximum absolute atomic E-state index is 10.4. The Morgan fingerprint density at radius 1 is 1.53 bits per heavy atom. The second-order valence-corrected chi connectivity index (χ2v) is 6.83. The average Bonchev–Trinajstić information content (AvgIpc) is 2.59. The maximum atomic E-state index is 10.4. The number of hydrogen-bond acceptors (Lipinski definition) is 2. The largest absolute Gasteiger partial charge is 0.388 e. The van der Waals surface area contributed by atoms with E-state index in [1.807, 2.05) is 32.2 Å². The first-order chi connectivity index (χ1) is 8.90. The van der Waals surface area contributed by atoms with Gasteiger partial charge in [-0.05, 0) is 53.3 Å². The van der Waals surface area contributed by atoms with E-state index in [4.69, 9.17) is 11.6 Å². The van der Waals surface area contributed by atoms with E-state index in [9.17, 15) is 5.11 Å². The van der Waals surface area contributed by atoms with E-state index >= 15 is 0 Å². The number of benzene rings is 1. The zero-order valence-electron chi connectivity index (χ0n) is 10.5. The number of halogens is 3. The van der Waals surface area contributed by atoms with Crippen LogP contribution < -0.4 is 0 Å². The molecule has 0 aliphatic carbocycles. The molecule has 2 aromatic rings. The molecule has 19 heavy (non-hydrogen) atoms. The van der Waals surface area contributed by atoms with Crippen LogP contribution in [0.15, 0.2) is 22.7 Å². The van der Waals surface area contributed by atoms with Gasteiger partial charge in [-0.25, -0.2) is 0 Å². The van der Waals surface area contributed by atoms with E-state index in [2.05, 4.69) is 43.6 Å². The summed E-state index contributed by atoms with van der Waals surface area (Å²) in [6.45, 7) is 1.86. The summed E-state index contributed by atoms with van der Waals surface area (Å²) in [6, 6.07) is 5.89. The molecule has 0 bridgehead atoms. The number of aryl methyl sites for hydroxylation is 2. The minimum Gasteiger partial charge on any atom is -0.388 e. The number of aliphatic hydroxyl groups is 1. The zero-order valence-corrected chi connectivity index (χ0v) is 15.0. The molecule has 0 amide bonds. The normalized spacial score (nSPS) is 12.7. The number of rotatable bonds is 3. The Morgan fingerprint density at radius 3 is 2.79 bits per heavy atom. The van der Waals surface area contributed by atoms with Crippen molar-refractivity contribution >= 4 is 50.1 Å². The Balaban J connectivity index is 2.30. The Kier molecular flexibility index (Phi) is 4.92. The fraction of sp³-hybridized carbons (Fsp3) is 0.308. The smallest absolute Gasteiger partial charge is 0.0857 e. The van der Waals surface area contributed by atoms with Crippen LogP contribution in [0.5, 0.6) is 0 Å². The summed E-state index contributed by atoms with van der Waals surface area (Å²) in [7, 11) is 1.84. The molecular weight excluding hydrogens is 442 g/mol. The topological polar surface area (TPSA) is 38.0 Å². The zero-order chi connectivity index (χ0) is 14.2. The van der Waals surface area contributed by atoms with Gasteiger partial charge in [-0.15, -0.1) is 0 Å². The summed E-state index contributed by atoms with van der Waals surface area (Å²) in [5, 5.41) is 15.3. The highest BCUT2D eigenvalue weighted by Gasteiger charge is 2.18. The van der Waals surface area contributed by atoms with Gasteiger partial charge < -0.3 is 5.11 Å². The molecule has 0 saturated carbocycles. The predicted molar refractivity (Wildman–Crippen MR) is 88.5 cm³/mol. The van der Waals surface area contributed by atoms with Gasteiger partial charge in [-0.3, -0.25) is 4.68 Å². The first kappa shape index (κ1) is 15.3. The van der Waals surface area contributed by atoms with Crippen molar-refractivity contribution in [3.05, 3.63) is 48.2 Å². The molecule has 102 valence electrons. The third-order valence-electron chi connectivity index (χ3n) is 2.97. The first-order valence-electron chi connectivity index (χ1n) is 5.71. The Morgan fingerprint density at radius 2 is 2.21 bits per heavy atom. The van der Waals surface area contributed by atoms with E-state index in [0.717, 1.165) is 25.0 Å². The number of aliphatic hydroxyl groups excluding tert-OH is 1. The van der Waals surface area contributed by atoms with Gasteiger partial charge in [-0.1, -0.05) is 27.5 Å². The molecule has 1 N–H and O–H groups in total.